The molecule has 0 bridgehead atoms. The predicted octanol–water partition coefficient (Wildman–Crippen LogP) is -0.537. The van der Waals surface area contributed by atoms with Crippen LogP contribution in [0.15, 0.2) is 0 Å². The van der Waals surface area contributed by atoms with E-state index in [1.807, 2.05) is 0 Å². The van der Waals surface area contributed by atoms with Gasteiger partial charge >= 0.3 is 29.6 Å². The van der Waals surface area contributed by atoms with Crippen LogP contribution in [0.4, 0.5) is 0 Å². The van der Waals surface area contributed by atoms with Crippen LogP contribution in [-0.4, -0.2) is 41.3 Å². The molecule has 0 aliphatic carbocycles. The van der Waals surface area contributed by atoms with Gasteiger partial charge in [0.15, 0.2) is 0 Å². The monoisotopic (exact) mass is 104 g/mol. The molecule has 0 fully saturated rings. The van der Waals surface area contributed by atoms with E-state index in [0.717, 1.165) is 0 Å². The van der Waals surface area contributed by atoms with Crippen LogP contribution in [0, 0.1) is 0 Å². The molecule has 0 rings (SSSR count). The Morgan fingerprint density at radius 3 is 1.60 bits per heavy atom. The normalized spacial score (nSPS) is 3.60. The van der Waals surface area contributed by atoms with E-state index < -0.39 is 0 Å². The van der Waals surface area contributed by atoms with Crippen LogP contribution >= 0.6 is 13.5 Å². The summed E-state index contributed by atoms with van der Waals surface area (Å²) in [5.74, 6) is 0. The van der Waals surface area contributed by atoms with Gasteiger partial charge in [-0.2, -0.15) is 13.5 Å². The van der Waals surface area contributed by atoms with Gasteiger partial charge in [0, 0.05) is 6.61 Å². The van der Waals surface area contributed by atoms with E-state index in [2.05, 4.69) is 0 Å². The maximum absolute atomic E-state index is 7.57. The maximum atomic E-state index is 7.57. The molecule has 0 amide bonds. The molecule has 0 atom stereocenters. The van der Waals surface area contributed by atoms with E-state index in [-0.39, 0.29) is 49.7 Å². The molecule has 0 aliphatic rings. The summed E-state index contributed by atoms with van der Waals surface area (Å²) >= 11 is 0. The Balaban J connectivity index is -0.0000000200. The Bertz CT molecular complexity index is 9.61. The van der Waals surface area contributed by atoms with E-state index in [1.54, 1.807) is 6.92 Å². The van der Waals surface area contributed by atoms with Gasteiger partial charge in [-0.25, -0.2) is 0 Å². The van der Waals surface area contributed by atoms with Crippen molar-refractivity contribution in [2.45, 2.75) is 6.92 Å². The van der Waals surface area contributed by atoms with Gasteiger partial charge in [-0.15, -0.1) is 0 Å². The van der Waals surface area contributed by atoms with Gasteiger partial charge in [-0.05, 0) is 6.92 Å². The minimum absolute atomic E-state index is 0. The molecule has 1 N–H and O–H groups in total. The summed E-state index contributed by atoms with van der Waals surface area (Å²) in [7, 11) is 0. The average Bonchev–Trinajstić information content (AvgIpc) is 0.918. The molecule has 0 saturated heterocycles. The standard InChI is InChI=1S/C2H6O.Na.H2S.H/c1-2-3;;;/h3H,2H2,1H3;;1H2;. The Morgan fingerprint density at radius 1 is 1.60 bits per heavy atom. The zero-order valence-corrected chi connectivity index (χ0v) is 3.65. The van der Waals surface area contributed by atoms with E-state index in [4.69, 9.17) is 5.11 Å². The molecule has 0 aliphatic heterocycles. The Morgan fingerprint density at radius 2 is 1.60 bits per heavy atom. The second kappa shape index (κ2) is 18.5. The van der Waals surface area contributed by atoms with Crippen molar-refractivity contribution in [3.05, 3.63) is 0 Å². The van der Waals surface area contributed by atoms with Crippen molar-refractivity contribution in [1.29, 1.82) is 0 Å². The van der Waals surface area contributed by atoms with E-state index in [9.17, 15) is 0 Å². The summed E-state index contributed by atoms with van der Waals surface area (Å²) in [5, 5.41) is 7.57. The van der Waals surface area contributed by atoms with Gasteiger partial charge in [0.2, 0.25) is 0 Å². The Hall–Kier alpha value is 1.31. The van der Waals surface area contributed by atoms with Crippen molar-refractivity contribution in [3.8, 4) is 0 Å². The summed E-state index contributed by atoms with van der Waals surface area (Å²) in [6, 6.07) is 0. The summed E-state index contributed by atoms with van der Waals surface area (Å²) in [6.07, 6.45) is 0. The molecule has 5 heavy (non-hydrogen) atoms. The van der Waals surface area contributed by atoms with Crippen LogP contribution in [0.1, 0.15) is 6.92 Å². The molecular weight excluding hydrogens is 95.1 g/mol. The van der Waals surface area contributed by atoms with Crippen molar-refractivity contribution in [2.75, 3.05) is 6.61 Å². The van der Waals surface area contributed by atoms with Crippen molar-refractivity contribution in [2.24, 2.45) is 0 Å². The van der Waals surface area contributed by atoms with Gasteiger partial charge < -0.3 is 5.11 Å². The van der Waals surface area contributed by atoms with Gasteiger partial charge in [-0.1, -0.05) is 0 Å². The minimum atomic E-state index is 0. The topological polar surface area (TPSA) is 20.2 Å². The first kappa shape index (κ1) is 16.2. The first-order chi connectivity index (χ1) is 1.41. The second-order valence-corrected chi connectivity index (χ2v) is 0.316. The average molecular weight is 104 g/mol. The molecular formula is C2H9NaOS. The molecule has 0 radical (unpaired) electrons. The second-order valence-electron chi connectivity index (χ2n) is 0.316. The zero-order chi connectivity index (χ0) is 2.71. The van der Waals surface area contributed by atoms with Crippen LogP contribution in [-0.2, 0) is 0 Å². The predicted molar refractivity (Wildman–Crippen MR) is 30.3 cm³/mol. The van der Waals surface area contributed by atoms with Crippen LogP contribution < -0.4 is 0 Å². The van der Waals surface area contributed by atoms with Gasteiger partial charge in [0.25, 0.3) is 0 Å². The van der Waals surface area contributed by atoms with Crippen LogP contribution in [0.3, 0.4) is 0 Å². The van der Waals surface area contributed by atoms with Gasteiger partial charge in [0.1, 0.15) is 0 Å². The fraction of sp³-hybridized carbons (Fsp3) is 1.00. The van der Waals surface area contributed by atoms with Gasteiger partial charge in [0.05, 0.1) is 0 Å². The number of rotatable bonds is 0. The Labute approximate surface area is 61.5 Å². The molecule has 30 valence electrons. The quantitative estimate of drug-likeness (QED) is 0.409. The summed E-state index contributed by atoms with van der Waals surface area (Å²) in [4.78, 5) is 0. The molecule has 3 heteroatoms. The Kier molecular flexibility index (Phi) is 60.0. The number of hydrogen-bond acceptors (Lipinski definition) is 1. The first-order valence-electron chi connectivity index (χ1n) is 1.02. The summed E-state index contributed by atoms with van der Waals surface area (Å²) < 4.78 is 0. The van der Waals surface area contributed by atoms with E-state index >= 15 is 0 Å². The van der Waals surface area contributed by atoms with E-state index in [0.29, 0.717) is 0 Å². The third-order valence-corrected chi connectivity index (χ3v) is 0. The number of aliphatic hydroxyl groups is 1. The zero-order valence-electron chi connectivity index (χ0n) is 2.65. The third kappa shape index (κ3) is 33.9. The van der Waals surface area contributed by atoms with Crippen molar-refractivity contribution in [1.82, 2.24) is 0 Å². The van der Waals surface area contributed by atoms with Crippen LogP contribution in [0.25, 0.3) is 0 Å². The fourth-order valence-electron chi connectivity index (χ4n) is 0. The number of hydrogen-bond donors (Lipinski definition) is 1. The molecule has 0 heterocycles. The van der Waals surface area contributed by atoms with Crippen LogP contribution in [0.5, 0.6) is 0 Å². The van der Waals surface area contributed by atoms with Crippen molar-refractivity contribution in [3.63, 3.8) is 0 Å². The van der Waals surface area contributed by atoms with Crippen LogP contribution in [0.2, 0.25) is 0 Å². The first-order valence-corrected chi connectivity index (χ1v) is 1.02. The molecule has 0 unspecified atom stereocenters. The molecule has 0 aromatic carbocycles. The summed E-state index contributed by atoms with van der Waals surface area (Å²) in [5.41, 5.74) is 0. The van der Waals surface area contributed by atoms with Crippen molar-refractivity contribution < 1.29 is 5.11 Å². The molecule has 0 spiro atoms. The van der Waals surface area contributed by atoms with Crippen molar-refractivity contribution >= 4 is 43.1 Å². The molecule has 0 saturated carbocycles. The SMILES string of the molecule is CCO.S.[NaH]. The van der Waals surface area contributed by atoms with Gasteiger partial charge in [-0.3, -0.25) is 0 Å². The fourth-order valence-corrected chi connectivity index (χ4v) is 0. The molecule has 0 aromatic rings. The molecule has 0 aromatic heterocycles. The third-order valence-electron chi connectivity index (χ3n) is 0. The van der Waals surface area contributed by atoms with E-state index in [1.165, 1.54) is 0 Å². The summed E-state index contributed by atoms with van der Waals surface area (Å²) in [6.45, 7) is 1.93. The number of aliphatic hydroxyl groups excluding tert-OH is 1. The molecule has 1 nitrogen and oxygen atoms in total.